The van der Waals surface area contributed by atoms with Gasteiger partial charge in [0.2, 0.25) is 0 Å². The van der Waals surface area contributed by atoms with Crippen LogP contribution < -0.4 is 5.73 Å². The first-order chi connectivity index (χ1) is 5.70. The second-order valence-electron chi connectivity index (χ2n) is 4.99. The molecular formula is C9H19N3O. The van der Waals surface area contributed by atoms with Gasteiger partial charge in [0.25, 0.3) is 0 Å². The van der Waals surface area contributed by atoms with E-state index in [4.69, 9.17) is 5.73 Å². The summed E-state index contributed by atoms with van der Waals surface area (Å²) in [5.41, 5.74) is 5.02. The van der Waals surface area contributed by atoms with Crippen molar-refractivity contribution in [3.63, 3.8) is 0 Å². The van der Waals surface area contributed by atoms with Gasteiger partial charge in [-0.15, -0.1) is 0 Å². The Labute approximate surface area is 79.4 Å². The van der Waals surface area contributed by atoms with Crippen LogP contribution >= 0.6 is 0 Å². The fraction of sp³-hybridized carbons (Fsp3) is 0.889. The predicted molar refractivity (Wildman–Crippen MR) is 53.6 cm³/mol. The molecule has 0 saturated carbocycles. The molecule has 1 aliphatic rings. The normalized spacial score (nSPS) is 22.8. The number of hydrogen-bond acceptors (Lipinski definition) is 2. The average molecular weight is 185 g/mol. The summed E-state index contributed by atoms with van der Waals surface area (Å²) in [7, 11) is 0. The Morgan fingerprint density at radius 1 is 1.46 bits per heavy atom. The Hall–Kier alpha value is -0.770. The van der Waals surface area contributed by atoms with E-state index >= 15 is 0 Å². The molecule has 76 valence electrons. The standard InChI is InChI=1S/C9H19N3O/c1-8(2,3)11-7(10)12-5-9(4,13)6-12/h13H,5-6H2,1-4H3,(H2,10,11). The summed E-state index contributed by atoms with van der Waals surface area (Å²) >= 11 is 0. The van der Waals surface area contributed by atoms with Crippen LogP contribution in [0.1, 0.15) is 27.7 Å². The number of nitrogens with two attached hydrogens (primary N) is 1. The van der Waals surface area contributed by atoms with Gasteiger partial charge < -0.3 is 15.7 Å². The summed E-state index contributed by atoms with van der Waals surface area (Å²) in [4.78, 5) is 6.19. The van der Waals surface area contributed by atoms with Crippen molar-refractivity contribution in [1.29, 1.82) is 0 Å². The lowest BCUT2D eigenvalue weighted by molar-refractivity contribution is -0.0505. The lowest BCUT2D eigenvalue weighted by Gasteiger charge is -2.45. The van der Waals surface area contributed by atoms with Crippen LogP contribution in [0.5, 0.6) is 0 Å². The number of likely N-dealkylation sites (tertiary alicyclic amines) is 1. The van der Waals surface area contributed by atoms with Crippen molar-refractivity contribution in [2.45, 2.75) is 38.8 Å². The van der Waals surface area contributed by atoms with Crippen LogP contribution in [0, 0.1) is 0 Å². The van der Waals surface area contributed by atoms with E-state index in [9.17, 15) is 5.11 Å². The van der Waals surface area contributed by atoms with Crippen LogP contribution in [0.15, 0.2) is 4.99 Å². The van der Waals surface area contributed by atoms with E-state index in [1.165, 1.54) is 0 Å². The second kappa shape index (κ2) is 2.87. The zero-order valence-electron chi connectivity index (χ0n) is 8.83. The Balaban J connectivity index is 2.52. The SMILES string of the molecule is CC1(O)CN(C(N)=NC(C)(C)C)C1. The highest BCUT2D eigenvalue weighted by atomic mass is 16.3. The average Bonchev–Trinajstić information content (AvgIpc) is 1.77. The van der Waals surface area contributed by atoms with E-state index in [0.29, 0.717) is 19.0 Å². The first-order valence-corrected chi connectivity index (χ1v) is 4.52. The molecule has 1 fully saturated rings. The number of rotatable bonds is 0. The maximum atomic E-state index is 9.48. The molecule has 0 spiro atoms. The topological polar surface area (TPSA) is 61.8 Å². The highest BCUT2D eigenvalue weighted by Crippen LogP contribution is 2.20. The fourth-order valence-corrected chi connectivity index (χ4v) is 1.35. The van der Waals surface area contributed by atoms with Gasteiger partial charge in [-0.1, -0.05) is 0 Å². The van der Waals surface area contributed by atoms with Crippen molar-refractivity contribution < 1.29 is 5.11 Å². The molecule has 0 aliphatic carbocycles. The largest absolute Gasteiger partial charge is 0.386 e. The first-order valence-electron chi connectivity index (χ1n) is 4.52. The first kappa shape index (κ1) is 10.3. The highest BCUT2D eigenvalue weighted by Gasteiger charge is 2.37. The zero-order valence-corrected chi connectivity index (χ0v) is 8.83. The van der Waals surface area contributed by atoms with Gasteiger partial charge in [0.05, 0.1) is 24.2 Å². The molecule has 3 N–H and O–H groups in total. The molecule has 0 unspecified atom stereocenters. The minimum atomic E-state index is -0.585. The van der Waals surface area contributed by atoms with Gasteiger partial charge in [-0.05, 0) is 27.7 Å². The number of aliphatic hydroxyl groups is 1. The van der Waals surface area contributed by atoms with Crippen molar-refractivity contribution >= 4 is 5.96 Å². The van der Waals surface area contributed by atoms with Crippen LogP contribution in [-0.4, -0.2) is 40.2 Å². The van der Waals surface area contributed by atoms with Crippen LogP contribution in [-0.2, 0) is 0 Å². The molecule has 4 nitrogen and oxygen atoms in total. The summed E-state index contributed by atoms with van der Waals surface area (Å²) in [5, 5.41) is 9.48. The zero-order chi connectivity index (χ0) is 10.3. The van der Waals surface area contributed by atoms with E-state index in [2.05, 4.69) is 4.99 Å². The molecule has 13 heavy (non-hydrogen) atoms. The van der Waals surface area contributed by atoms with Crippen LogP contribution in [0.2, 0.25) is 0 Å². The number of hydrogen-bond donors (Lipinski definition) is 2. The summed E-state index contributed by atoms with van der Waals surface area (Å²) < 4.78 is 0. The lowest BCUT2D eigenvalue weighted by atomic mass is 9.97. The smallest absolute Gasteiger partial charge is 0.191 e. The third kappa shape index (κ3) is 2.88. The van der Waals surface area contributed by atoms with E-state index in [-0.39, 0.29) is 5.54 Å². The molecule has 4 heteroatoms. The molecule has 0 atom stereocenters. The molecule has 0 bridgehead atoms. The number of nitrogens with zero attached hydrogens (tertiary/aromatic N) is 2. The van der Waals surface area contributed by atoms with Gasteiger partial charge in [0.1, 0.15) is 0 Å². The molecule has 1 aliphatic heterocycles. The summed E-state index contributed by atoms with van der Waals surface area (Å²) in [6.07, 6.45) is 0. The fourth-order valence-electron chi connectivity index (χ4n) is 1.35. The molecule has 0 aromatic heterocycles. The van der Waals surface area contributed by atoms with E-state index in [1.807, 2.05) is 25.7 Å². The van der Waals surface area contributed by atoms with Gasteiger partial charge in [0.15, 0.2) is 5.96 Å². The maximum Gasteiger partial charge on any atom is 0.191 e. The number of aliphatic imine (C=N–C) groups is 1. The van der Waals surface area contributed by atoms with E-state index in [1.54, 1.807) is 6.92 Å². The number of guanidine groups is 1. The van der Waals surface area contributed by atoms with Crippen LogP contribution in [0.25, 0.3) is 0 Å². The third-order valence-corrected chi connectivity index (χ3v) is 1.84. The third-order valence-electron chi connectivity index (χ3n) is 1.84. The Kier molecular flexibility index (Phi) is 2.28. The van der Waals surface area contributed by atoms with E-state index in [0.717, 1.165) is 0 Å². The summed E-state index contributed by atoms with van der Waals surface area (Å²) in [6.45, 7) is 8.96. The molecule has 0 amide bonds. The van der Waals surface area contributed by atoms with Crippen molar-refractivity contribution in [3.8, 4) is 0 Å². The Bertz CT molecular complexity index is 220. The van der Waals surface area contributed by atoms with Crippen molar-refractivity contribution in [2.75, 3.05) is 13.1 Å². The summed E-state index contributed by atoms with van der Waals surface area (Å²) in [6, 6.07) is 0. The molecule has 0 radical (unpaired) electrons. The Morgan fingerprint density at radius 3 is 2.23 bits per heavy atom. The van der Waals surface area contributed by atoms with Crippen molar-refractivity contribution in [2.24, 2.45) is 10.7 Å². The maximum absolute atomic E-state index is 9.48. The number of β-amino-alcohol motifs (C(OH)–C–C–N with tert-alkyl or cyclic N) is 1. The minimum Gasteiger partial charge on any atom is -0.386 e. The Morgan fingerprint density at radius 2 is 1.92 bits per heavy atom. The van der Waals surface area contributed by atoms with Crippen LogP contribution in [0.4, 0.5) is 0 Å². The molecular weight excluding hydrogens is 166 g/mol. The van der Waals surface area contributed by atoms with Crippen LogP contribution in [0.3, 0.4) is 0 Å². The van der Waals surface area contributed by atoms with Crippen molar-refractivity contribution in [3.05, 3.63) is 0 Å². The second-order valence-corrected chi connectivity index (χ2v) is 4.99. The molecule has 1 heterocycles. The highest BCUT2D eigenvalue weighted by molar-refractivity contribution is 5.79. The van der Waals surface area contributed by atoms with Gasteiger partial charge in [-0.2, -0.15) is 0 Å². The monoisotopic (exact) mass is 185 g/mol. The van der Waals surface area contributed by atoms with E-state index < -0.39 is 5.60 Å². The molecule has 1 saturated heterocycles. The summed E-state index contributed by atoms with van der Waals surface area (Å²) in [5.74, 6) is 0.527. The molecule has 0 aromatic carbocycles. The predicted octanol–water partition coefficient (Wildman–Crippen LogP) is 0.166. The van der Waals surface area contributed by atoms with Gasteiger partial charge >= 0.3 is 0 Å². The van der Waals surface area contributed by atoms with Crippen molar-refractivity contribution in [1.82, 2.24) is 4.90 Å². The van der Waals surface area contributed by atoms with Gasteiger partial charge in [-0.25, -0.2) is 4.99 Å². The van der Waals surface area contributed by atoms with Gasteiger partial charge in [-0.3, -0.25) is 0 Å². The quantitative estimate of drug-likeness (QED) is 0.417. The molecule has 0 aromatic rings. The lowest BCUT2D eigenvalue weighted by Crippen LogP contribution is -2.63. The minimum absolute atomic E-state index is 0.147. The molecule has 1 rings (SSSR count). The van der Waals surface area contributed by atoms with Gasteiger partial charge in [0, 0.05) is 0 Å².